The Kier molecular flexibility index (Phi) is 7.04. The van der Waals surface area contributed by atoms with Crippen LogP contribution >= 0.6 is 0 Å². The van der Waals surface area contributed by atoms with Crippen molar-refractivity contribution >= 4 is 11.7 Å². The summed E-state index contributed by atoms with van der Waals surface area (Å²) in [6.07, 6.45) is 23.1. The van der Waals surface area contributed by atoms with Crippen molar-refractivity contribution in [1.29, 1.82) is 0 Å². The van der Waals surface area contributed by atoms with Gasteiger partial charge in [-0.15, -0.1) is 0 Å². The fourth-order valence-corrected chi connectivity index (χ4v) is 7.48. The number of aromatic nitrogens is 2. The molecule has 5 rings (SSSR count). The largest absolute Gasteiger partial charge is 0.366 e. The van der Waals surface area contributed by atoms with Crippen LogP contribution in [0.2, 0.25) is 0 Å². The second-order valence-electron chi connectivity index (χ2n) is 12.4. The first-order chi connectivity index (χ1) is 16.0. The van der Waals surface area contributed by atoms with Crippen LogP contribution in [0.4, 0.5) is 5.82 Å². The van der Waals surface area contributed by atoms with Crippen LogP contribution in [0.1, 0.15) is 127 Å². The van der Waals surface area contributed by atoms with Gasteiger partial charge in [-0.2, -0.15) is 5.10 Å². The molecule has 3 fully saturated rings. The van der Waals surface area contributed by atoms with E-state index < -0.39 is 0 Å². The average molecular weight is 455 g/mol. The van der Waals surface area contributed by atoms with Crippen LogP contribution in [0.15, 0.2) is 6.20 Å². The van der Waals surface area contributed by atoms with Gasteiger partial charge in [0.25, 0.3) is 5.91 Å². The highest BCUT2D eigenvalue weighted by molar-refractivity contribution is 5.99. The van der Waals surface area contributed by atoms with E-state index in [0.29, 0.717) is 12.1 Å². The lowest BCUT2D eigenvalue weighted by Gasteiger charge is -2.42. The molecule has 0 aromatic carbocycles. The fraction of sp³-hybridized carbons (Fsp3) is 0.857. The van der Waals surface area contributed by atoms with Crippen LogP contribution < -0.4 is 10.6 Å². The van der Waals surface area contributed by atoms with Crippen molar-refractivity contribution in [1.82, 2.24) is 15.1 Å². The summed E-state index contributed by atoms with van der Waals surface area (Å²) in [5, 5.41) is 11.8. The van der Waals surface area contributed by atoms with Crippen LogP contribution in [0, 0.1) is 17.8 Å². The summed E-state index contributed by atoms with van der Waals surface area (Å²) in [7, 11) is 0. The summed E-state index contributed by atoms with van der Waals surface area (Å²) in [5.74, 6) is 3.59. The molecule has 1 aromatic heterocycles. The highest BCUT2D eigenvalue weighted by atomic mass is 16.1. The van der Waals surface area contributed by atoms with Gasteiger partial charge in [0.05, 0.1) is 11.7 Å². The summed E-state index contributed by atoms with van der Waals surface area (Å²) in [6.45, 7) is 4.55. The van der Waals surface area contributed by atoms with Gasteiger partial charge in [-0.3, -0.25) is 4.79 Å². The number of rotatable bonds is 5. The van der Waals surface area contributed by atoms with Crippen LogP contribution in [0.25, 0.3) is 0 Å². The van der Waals surface area contributed by atoms with E-state index >= 15 is 0 Å². The van der Waals surface area contributed by atoms with Gasteiger partial charge in [0.2, 0.25) is 0 Å². The Morgan fingerprint density at radius 1 is 0.970 bits per heavy atom. The lowest BCUT2D eigenvalue weighted by atomic mass is 9.76. The number of fused-ring (bicyclic) bond motifs is 1. The first-order valence-corrected chi connectivity index (χ1v) is 14.2. The molecule has 0 saturated heterocycles. The van der Waals surface area contributed by atoms with Gasteiger partial charge in [0.1, 0.15) is 11.4 Å². The third kappa shape index (κ3) is 5.27. The van der Waals surface area contributed by atoms with Crippen LogP contribution in [-0.4, -0.2) is 27.8 Å². The van der Waals surface area contributed by atoms with Crippen molar-refractivity contribution in [2.24, 2.45) is 17.8 Å². The van der Waals surface area contributed by atoms with Crippen molar-refractivity contribution in [3.63, 3.8) is 0 Å². The van der Waals surface area contributed by atoms with E-state index in [2.05, 4.69) is 34.3 Å². The van der Waals surface area contributed by atoms with Gasteiger partial charge in [-0.05, 0) is 83.0 Å². The van der Waals surface area contributed by atoms with E-state index in [-0.39, 0.29) is 11.4 Å². The van der Waals surface area contributed by atoms with Crippen molar-refractivity contribution in [3.05, 3.63) is 11.8 Å². The Labute approximate surface area is 200 Å². The normalized spacial score (nSPS) is 30.9. The van der Waals surface area contributed by atoms with Crippen LogP contribution in [0.3, 0.4) is 0 Å². The Balaban J connectivity index is 1.19. The fourth-order valence-electron chi connectivity index (χ4n) is 7.48. The van der Waals surface area contributed by atoms with Gasteiger partial charge < -0.3 is 10.6 Å². The van der Waals surface area contributed by atoms with Gasteiger partial charge in [0.15, 0.2) is 0 Å². The minimum absolute atomic E-state index is 0.0571. The molecule has 5 nitrogen and oxygen atoms in total. The number of anilines is 1. The van der Waals surface area contributed by atoms with Crippen molar-refractivity contribution in [2.75, 3.05) is 5.32 Å². The molecule has 0 radical (unpaired) electrons. The lowest BCUT2D eigenvalue weighted by molar-refractivity contribution is 0.0918. The van der Waals surface area contributed by atoms with Gasteiger partial charge in [-0.25, -0.2) is 4.68 Å². The smallest absolute Gasteiger partial charge is 0.256 e. The monoisotopic (exact) mass is 454 g/mol. The van der Waals surface area contributed by atoms with Crippen LogP contribution in [0.5, 0.6) is 0 Å². The zero-order valence-electron chi connectivity index (χ0n) is 21.1. The van der Waals surface area contributed by atoms with Crippen molar-refractivity contribution in [2.45, 2.75) is 134 Å². The van der Waals surface area contributed by atoms with E-state index in [0.717, 1.165) is 48.4 Å². The molecule has 0 bridgehead atoms. The van der Waals surface area contributed by atoms with Crippen molar-refractivity contribution in [3.8, 4) is 0 Å². The van der Waals surface area contributed by atoms with Gasteiger partial charge >= 0.3 is 0 Å². The standard InChI is InChI=1S/C28H46N4O/c1-28(2)18-25(22-11-7-4-8-12-22)31-26-24(19-29-32(26)28)27(33)30-23-15-13-21(14-16-23)17-20-9-5-3-6-10-20/h19-23,25,31H,3-18H2,1-2H3,(H,30,33). The van der Waals surface area contributed by atoms with Gasteiger partial charge in [-0.1, -0.05) is 51.4 Å². The maximum Gasteiger partial charge on any atom is 0.256 e. The van der Waals surface area contributed by atoms with E-state index in [1.54, 1.807) is 6.20 Å². The molecular weight excluding hydrogens is 408 g/mol. The summed E-state index contributed by atoms with van der Waals surface area (Å²) >= 11 is 0. The summed E-state index contributed by atoms with van der Waals surface area (Å²) < 4.78 is 2.07. The van der Waals surface area contributed by atoms with Gasteiger partial charge in [0, 0.05) is 12.1 Å². The third-order valence-corrected chi connectivity index (χ3v) is 9.42. The molecule has 4 aliphatic rings. The van der Waals surface area contributed by atoms with Crippen molar-refractivity contribution < 1.29 is 4.79 Å². The molecule has 1 amide bonds. The molecule has 1 unspecified atom stereocenters. The number of nitrogens with one attached hydrogen (secondary N) is 2. The highest BCUT2D eigenvalue weighted by Crippen LogP contribution is 2.40. The van der Waals surface area contributed by atoms with E-state index in [1.165, 1.54) is 83.5 Å². The molecule has 0 spiro atoms. The Bertz CT molecular complexity index is 795. The topological polar surface area (TPSA) is 59.0 Å². The van der Waals surface area contributed by atoms with E-state index in [9.17, 15) is 4.79 Å². The predicted molar refractivity (Wildman–Crippen MR) is 135 cm³/mol. The maximum absolute atomic E-state index is 13.3. The molecule has 2 N–H and O–H groups in total. The number of hydrogen-bond donors (Lipinski definition) is 2. The number of amides is 1. The third-order valence-electron chi connectivity index (χ3n) is 9.42. The minimum Gasteiger partial charge on any atom is -0.366 e. The minimum atomic E-state index is -0.0571. The number of nitrogens with zero attached hydrogens (tertiary/aromatic N) is 2. The molecule has 1 aliphatic heterocycles. The SMILES string of the molecule is CC1(C)CC(C2CCCCC2)Nc2c(C(=O)NC3CCC(CC4CCCCC4)CC3)cnn21. The molecular formula is C28H46N4O. The Morgan fingerprint density at radius 3 is 2.30 bits per heavy atom. The van der Waals surface area contributed by atoms with E-state index in [1.807, 2.05) is 0 Å². The maximum atomic E-state index is 13.3. The Hall–Kier alpha value is -1.52. The molecule has 2 heterocycles. The molecule has 33 heavy (non-hydrogen) atoms. The molecule has 184 valence electrons. The molecule has 1 aromatic rings. The van der Waals surface area contributed by atoms with Crippen LogP contribution in [-0.2, 0) is 5.54 Å². The molecule has 3 aliphatic carbocycles. The zero-order chi connectivity index (χ0) is 22.8. The summed E-state index contributed by atoms with van der Waals surface area (Å²) in [5.41, 5.74) is 0.686. The number of carbonyl (C=O) groups excluding carboxylic acids is 1. The molecule has 3 saturated carbocycles. The summed E-state index contributed by atoms with van der Waals surface area (Å²) in [4.78, 5) is 13.3. The second kappa shape index (κ2) is 10.00. The number of carbonyl (C=O) groups is 1. The Morgan fingerprint density at radius 2 is 1.61 bits per heavy atom. The first-order valence-electron chi connectivity index (χ1n) is 14.2. The average Bonchev–Trinajstić information content (AvgIpc) is 3.27. The summed E-state index contributed by atoms with van der Waals surface area (Å²) in [6, 6.07) is 0.771. The molecule has 1 atom stereocenters. The lowest BCUT2D eigenvalue weighted by Crippen LogP contribution is -2.46. The molecule has 5 heteroatoms. The quantitative estimate of drug-likeness (QED) is 0.524. The van der Waals surface area contributed by atoms with E-state index in [4.69, 9.17) is 0 Å². The highest BCUT2D eigenvalue weighted by Gasteiger charge is 2.39. The second-order valence-corrected chi connectivity index (χ2v) is 12.4. The number of hydrogen-bond acceptors (Lipinski definition) is 3. The zero-order valence-corrected chi connectivity index (χ0v) is 21.1. The first kappa shape index (κ1) is 23.2. The predicted octanol–water partition coefficient (Wildman–Crippen LogP) is 6.64.